The molecule has 1 unspecified atom stereocenters. The summed E-state index contributed by atoms with van der Waals surface area (Å²) in [4.78, 5) is 11.6. The summed E-state index contributed by atoms with van der Waals surface area (Å²) in [6.07, 6.45) is 3.15. The molecule has 0 aliphatic heterocycles. The molecule has 3 nitrogen and oxygen atoms in total. The molecular weight excluding hydrogens is 188 g/mol. The van der Waals surface area contributed by atoms with Gasteiger partial charge in [-0.1, -0.05) is 20.8 Å². The Hall–Kier alpha value is -0.570. The van der Waals surface area contributed by atoms with Crippen LogP contribution >= 0.6 is 0 Å². The van der Waals surface area contributed by atoms with Crippen molar-refractivity contribution in [1.29, 1.82) is 0 Å². The summed E-state index contributed by atoms with van der Waals surface area (Å²) < 4.78 is 0. The van der Waals surface area contributed by atoms with Gasteiger partial charge in [0.1, 0.15) is 0 Å². The lowest BCUT2D eigenvalue weighted by Crippen LogP contribution is -2.42. The van der Waals surface area contributed by atoms with Gasteiger partial charge in [0.25, 0.3) is 0 Å². The highest BCUT2D eigenvalue weighted by Gasteiger charge is 2.22. The van der Waals surface area contributed by atoms with E-state index in [9.17, 15) is 4.79 Å². The number of hydrogen-bond donors (Lipinski definition) is 2. The molecule has 1 aliphatic rings. The average Bonchev–Trinajstić information content (AvgIpc) is 2.86. The molecule has 1 aliphatic carbocycles. The normalized spacial score (nSPS) is 18.7. The van der Waals surface area contributed by atoms with Crippen molar-refractivity contribution in [3.63, 3.8) is 0 Å². The highest BCUT2D eigenvalue weighted by molar-refractivity contribution is 5.76. The zero-order valence-corrected chi connectivity index (χ0v) is 10.4. The standard InChI is InChI=1S/C12H24N2O/c1-9(12(2,3)4)14-11(15)7-8-13-10-5-6-10/h9-10,13H,5-8H2,1-4H3,(H,14,15). The number of carbonyl (C=O) groups is 1. The highest BCUT2D eigenvalue weighted by atomic mass is 16.1. The number of hydrogen-bond acceptors (Lipinski definition) is 2. The summed E-state index contributed by atoms with van der Waals surface area (Å²) in [5, 5.41) is 6.37. The van der Waals surface area contributed by atoms with E-state index in [2.05, 4.69) is 38.3 Å². The minimum Gasteiger partial charge on any atom is -0.353 e. The van der Waals surface area contributed by atoms with Crippen LogP contribution in [0.3, 0.4) is 0 Å². The molecule has 0 radical (unpaired) electrons. The van der Waals surface area contributed by atoms with Crippen LogP contribution < -0.4 is 10.6 Å². The van der Waals surface area contributed by atoms with Gasteiger partial charge in [-0.2, -0.15) is 0 Å². The van der Waals surface area contributed by atoms with Gasteiger partial charge >= 0.3 is 0 Å². The van der Waals surface area contributed by atoms with Gasteiger partial charge in [-0.3, -0.25) is 4.79 Å². The molecule has 88 valence electrons. The SMILES string of the molecule is CC(NC(=O)CCNC1CC1)C(C)(C)C. The van der Waals surface area contributed by atoms with Gasteiger partial charge in [0.2, 0.25) is 5.91 Å². The summed E-state index contributed by atoms with van der Waals surface area (Å²) in [5.74, 6) is 0.158. The second-order valence-electron chi connectivity index (χ2n) is 5.63. The Morgan fingerprint density at radius 3 is 2.47 bits per heavy atom. The Bertz CT molecular complexity index is 216. The Balaban J connectivity index is 2.11. The third kappa shape index (κ3) is 5.17. The molecule has 3 heteroatoms. The Labute approximate surface area is 93.0 Å². The maximum atomic E-state index is 11.6. The van der Waals surface area contributed by atoms with Crippen molar-refractivity contribution < 1.29 is 4.79 Å². The van der Waals surface area contributed by atoms with Crippen LogP contribution in [0.4, 0.5) is 0 Å². The topological polar surface area (TPSA) is 41.1 Å². The van der Waals surface area contributed by atoms with Gasteiger partial charge in [-0.25, -0.2) is 0 Å². The zero-order chi connectivity index (χ0) is 11.5. The van der Waals surface area contributed by atoms with Gasteiger partial charge in [0.05, 0.1) is 0 Å². The average molecular weight is 212 g/mol. The van der Waals surface area contributed by atoms with Crippen LogP contribution in [0.1, 0.15) is 47.0 Å². The molecule has 15 heavy (non-hydrogen) atoms. The molecule has 2 N–H and O–H groups in total. The number of nitrogens with one attached hydrogen (secondary N) is 2. The van der Waals surface area contributed by atoms with Crippen LogP contribution in [-0.4, -0.2) is 24.5 Å². The van der Waals surface area contributed by atoms with E-state index in [1.54, 1.807) is 0 Å². The summed E-state index contributed by atoms with van der Waals surface area (Å²) in [6.45, 7) is 9.29. The quantitative estimate of drug-likeness (QED) is 0.728. The van der Waals surface area contributed by atoms with Crippen LogP contribution in [0, 0.1) is 5.41 Å². The van der Waals surface area contributed by atoms with E-state index < -0.39 is 0 Å². The molecule has 0 aromatic rings. The largest absolute Gasteiger partial charge is 0.353 e. The van der Waals surface area contributed by atoms with Crippen molar-refractivity contribution >= 4 is 5.91 Å². The van der Waals surface area contributed by atoms with E-state index in [1.165, 1.54) is 12.8 Å². The van der Waals surface area contributed by atoms with Crippen LogP contribution in [-0.2, 0) is 4.79 Å². The summed E-state index contributed by atoms with van der Waals surface area (Å²) in [7, 11) is 0. The minimum atomic E-state index is 0.138. The molecule has 0 aromatic carbocycles. The fourth-order valence-corrected chi connectivity index (χ4v) is 1.21. The van der Waals surface area contributed by atoms with Gasteiger partial charge < -0.3 is 10.6 Å². The summed E-state index contributed by atoms with van der Waals surface area (Å²) in [6, 6.07) is 0.920. The second-order valence-corrected chi connectivity index (χ2v) is 5.63. The van der Waals surface area contributed by atoms with Gasteiger partial charge in [-0.15, -0.1) is 0 Å². The lowest BCUT2D eigenvalue weighted by Gasteiger charge is -2.28. The highest BCUT2D eigenvalue weighted by Crippen LogP contribution is 2.19. The first-order valence-corrected chi connectivity index (χ1v) is 5.92. The second kappa shape index (κ2) is 4.97. The predicted octanol–water partition coefficient (Wildman–Crippen LogP) is 1.68. The van der Waals surface area contributed by atoms with Crippen molar-refractivity contribution in [2.75, 3.05) is 6.54 Å². The lowest BCUT2D eigenvalue weighted by molar-refractivity contribution is -0.122. The first kappa shape index (κ1) is 12.5. The first-order valence-electron chi connectivity index (χ1n) is 5.92. The Morgan fingerprint density at radius 1 is 1.40 bits per heavy atom. The first-order chi connectivity index (χ1) is 6.89. The van der Waals surface area contributed by atoms with Crippen molar-refractivity contribution in [2.24, 2.45) is 5.41 Å². The van der Waals surface area contributed by atoms with E-state index in [0.29, 0.717) is 12.5 Å². The van der Waals surface area contributed by atoms with Crippen LogP contribution in [0.5, 0.6) is 0 Å². The maximum absolute atomic E-state index is 11.6. The zero-order valence-electron chi connectivity index (χ0n) is 10.4. The van der Waals surface area contributed by atoms with Crippen molar-refractivity contribution in [1.82, 2.24) is 10.6 Å². The van der Waals surface area contributed by atoms with E-state index in [1.807, 2.05) is 0 Å². The molecule has 1 fully saturated rings. The molecule has 0 saturated heterocycles. The Kier molecular flexibility index (Phi) is 4.14. The predicted molar refractivity (Wildman–Crippen MR) is 62.7 cm³/mol. The number of rotatable bonds is 5. The number of amides is 1. The third-order valence-electron chi connectivity index (χ3n) is 3.04. The fourth-order valence-electron chi connectivity index (χ4n) is 1.21. The van der Waals surface area contributed by atoms with Crippen molar-refractivity contribution in [3.05, 3.63) is 0 Å². The van der Waals surface area contributed by atoms with Crippen molar-refractivity contribution in [2.45, 2.75) is 59.0 Å². The van der Waals surface area contributed by atoms with E-state index in [-0.39, 0.29) is 17.4 Å². The lowest BCUT2D eigenvalue weighted by atomic mass is 9.88. The molecule has 0 heterocycles. The summed E-state index contributed by atoms with van der Waals surface area (Å²) in [5.41, 5.74) is 0.138. The van der Waals surface area contributed by atoms with Crippen LogP contribution in [0.2, 0.25) is 0 Å². The van der Waals surface area contributed by atoms with E-state index >= 15 is 0 Å². The fraction of sp³-hybridized carbons (Fsp3) is 0.917. The van der Waals surface area contributed by atoms with E-state index in [4.69, 9.17) is 0 Å². The van der Waals surface area contributed by atoms with Crippen LogP contribution in [0.15, 0.2) is 0 Å². The molecule has 0 spiro atoms. The van der Waals surface area contributed by atoms with Gasteiger partial charge in [-0.05, 0) is 25.2 Å². The van der Waals surface area contributed by atoms with Gasteiger partial charge in [0, 0.05) is 25.0 Å². The smallest absolute Gasteiger partial charge is 0.221 e. The van der Waals surface area contributed by atoms with Crippen LogP contribution in [0.25, 0.3) is 0 Å². The van der Waals surface area contributed by atoms with Gasteiger partial charge in [0.15, 0.2) is 0 Å². The molecule has 0 bridgehead atoms. The summed E-state index contributed by atoms with van der Waals surface area (Å²) >= 11 is 0. The molecule has 0 aromatic heterocycles. The monoisotopic (exact) mass is 212 g/mol. The minimum absolute atomic E-state index is 0.138. The molecule has 1 amide bonds. The molecule has 1 saturated carbocycles. The third-order valence-corrected chi connectivity index (χ3v) is 3.04. The van der Waals surface area contributed by atoms with Crippen molar-refractivity contribution in [3.8, 4) is 0 Å². The molecule has 1 atom stereocenters. The molecule has 1 rings (SSSR count). The maximum Gasteiger partial charge on any atom is 0.221 e. The van der Waals surface area contributed by atoms with E-state index in [0.717, 1.165) is 6.54 Å². The Morgan fingerprint density at radius 2 is 2.00 bits per heavy atom. The molecular formula is C12H24N2O. The number of carbonyl (C=O) groups excluding carboxylic acids is 1.